The summed E-state index contributed by atoms with van der Waals surface area (Å²) < 4.78 is 5.61. The molecule has 88 valence electrons. The van der Waals surface area contributed by atoms with E-state index in [-0.39, 0.29) is 6.42 Å². The van der Waals surface area contributed by atoms with Crippen molar-refractivity contribution in [1.29, 1.82) is 0 Å². The van der Waals surface area contributed by atoms with E-state index in [9.17, 15) is 9.90 Å². The number of hydrogen-bond acceptors (Lipinski definition) is 4. The van der Waals surface area contributed by atoms with Crippen LogP contribution >= 0.6 is 15.9 Å². The van der Waals surface area contributed by atoms with Crippen molar-refractivity contribution in [2.75, 3.05) is 6.61 Å². The Hall–Kier alpha value is -0.940. The van der Waals surface area contributed by atoms with Gasteiger partial charge in [0.05, 0.1) is 18.7 Å². The molecule has 1 aromatic heterocycles. The zero-order chi connectivity index (χ0) is 12.1. The van der Waals surface area contributed by atoms with Crippen molar-refractivity contribution in [2.45, 2.75) is 26.4 Å². The van der Waals surface area contributed by atoms with Gasteiger partial charge in [0.1, 0.15) is 6.10 Å². The van der Waals surface area contributed by atoms with E-state index in [1.54, 1.807) is 13.1 Å². The first-order valence-corrected chi connectivity index (χ1v) is 5.79. The summed E-state index contributed by atoms with van der Waals surface area (Å²) in [6.45, 7) is 3.88. The number of ether oxygens (including phenoxy) is 1. The summed E-state index contributed by atoms with van der Waals surface area (Å²) in [5, 5.41) is 9.81. The number of aromatic nitrogens is 1. The summed E-state index contributed by atoms with van der Waals surface area (Å²) in [6.07, 6.45) is 0.618. The van der Waals surface area contributed by atoms with Gasteiger partial charge in [0.25, 0.3) is 0 Å². The summed E-state index contributed by atoms with van der Waals surface area (Å²) >= 11 is 3.29. The Labute approximate surface area is 103 Å². The molecule has 1 atom stereocenters. The molecule has 16 heavy (non-hydrogen) atoms. The van der Waals surface area contributed by atoms with Gasteiger partial charge < -0.3 is 9.84 Å². The first-order valence-electron chi connectivity index (χ1n) is 5.00. The molecular formula is C11H14BrNO3. The second kappa shape index (κ2) is 5.96. The summed E-state index contributed by atoms with van der Waals surface area (Å²) in [5.74, 6) is -0.417. The van der Waals surface area contributed by atoms with E-state index < -0.39 is 12.1 Å². The number of rotatable bonds is 4. The number of aliphatic hydroxyl groups excluding tert-OH is 1. The van der Waals surface area contributed by atoms with Crippen LogP contribution in [0.2, 0.25) is 0 Å². The highest BCUT2D eigenvalue weighted by atomic mass is 79.9. The van der Waals surface area contributed by atoms with Crippen molar-refractivity contribution in [3.8, 4) is 0 Å². The molecule has 1 N–H and O–H groups in total. The van der Waals surface area contributed by atoms with Gasteiger partial charge in [0.15, 0.2) is 0 Å². The minimum absolute atomic E-state index is 0.0662. The summed E-state index contributed by atoms with van der Waals surface area (Å²) in [6, 6.07) is 1.84. The Balaban J connectivity index is 2.72. The van der Waals surface area contributed by atoms with E-state index in [1.807, 2.05) is 13.0 Å². The molecule has 0 aromatic carbocycles. The molecule has 1 unspecified atom stereocenters. The maximum absolute atomic E-state index is 11.2. The molecule has 0 aliphatic carbocycles. The lowest BCUT2D eigenvalue weighted by molar-refractivity contribution is -0.145. The van der Waals surface area contributed by atoms with Crippen LogP contribution in [0.15, 0.2) is 16.7 Å². The smallest absolute Gasteiger partial charge is 0.308 e. The number of carbonyl (C=O) groups excluding carboxylic acids is 1. The molecule has 1 rings (SSSR count). The molecule has 0 saturated heterocycles. The zero-order valence-electron chi connectivity index (χ0n) is 9.24. The Bertz CT molecular complexity index is 381. The molecule has 0 spiro atoms. The predicted molar refractivity (Wildman–Crippen MR) is 62.9 cm³/mol. The molecule has 0 fully saturated rings. The maximum Gasteiger partial charge on any atom is 0.308 e. The van der Waals surface area contributed by atoms with Crippen molar-refractivity contribution in [1.82, 2.24) is 4.98 Å². The van der Waals surface area contributed by atoms with Gasteiger partial charge >= 0.3 is 5.97 Å². The van der Waals surface area contributed by atoms with Gasteiger partial charge in [-0.2, -0.15) is 0 Å². The second-order valence-electron chi connectivity index (χ2n) is 3.38. The normalized spacial score (nSPS) is 12.2. The monoisotopic (exact) mass is 287 g/mol. The molecule has 0 amide bonds. The van der Waals surface area contributed by atoms with Crippen molar-refractivity contribution < 1.29 is 14.6 Å². The number of carbonyl (C=O) groups is 1. The van der Waals surface area contributed by atoms with Crippen LogP contribution in [-0.2, 0) is 9.53 Å². The zero-order valence-corrected chi connectivity index (χ0v) is 10.8. The lowest BCUT2D eigenvalue weighted by atomic mass is 10.1. The molecule has 0 bridgehead atoms. The molecule has 5 heteroatoms. The molecular weight excluding hydrogens is 274 g/mol. The van der Waals surface area contributed by atoms with Crippen molar-refractivity contribution >= 4 is 21.9 Å². The topological polar surface area (TPSA) is 59.4 Å². The average molecular weight is 288 g/mol. The maximum atomic E-state index is 11.2. The van der Waals surface area contributed by atoms with Crippen molar-refractivity contribution in [2.24, 2.45) is 0 Å². The van der Waals surface area contributed by atoms with Gasteiger partial charge in [0.2, 0.25) is 0 Å². The summed E-state index contributed by atoms with van der Waals surface area (Å²) in [5.41, 5.74) is 1.35. The number of aliphatic hydroxyl groups is 1. The molecule has 1 heterocycles. The third-order valence-corrected chi connectivity index (χ3v) is 2.50. The molecule has 0 aliphatic rings. The van der Waals surface area contributed by atoms with Crippen LogP contribution in [-0.4, -0.2) is 22.7 Å². The lowest BCUT2D eigenvalue weighted by Crippen LogP contribution is -2.12. The van der Waals surface area contributed by atoms with E-state index in [2.05, 4.69) is 20.9 Å². The van der Waals surface area contributed by atoms with Crippen molar-refractivity contribution in [3.63, 3.8) is 0 Å². The Kier molecular flexibility index (Phi) is 4.89. The van der Waals surface area contributed by atoms with Crippen LogP contribution in [0.4, 0.5) is 0 Å². The van der Waals surface area contributed by atoms with Crippen LogP contribution < -0.4 is 0 Å². The highest BCUT2D eigenvalue weighted by Gasteiger charge is 2.17. The molecule has 4 nitrogen and oxygen atoms in total. The van der Waals surface area contributed by atoms with Crippen LogP contribution in [0.3, 0.4) is 0 Å². The number of nitrogens with zero attached hydrogens (tertiary/aromatic N) is 1. The van der Waals surface area contributed by atoms with Gasteiger partial charge in [0, 0.05) is 10.7 Å². The standard InChI is InChI=1S/C11H14BrNO3/c1-3-16-10(15)5-9(14)11-7(2)4-8(12)6-13-11/h4,6,9,14H,3,5H2,1-2H3. The van der Waals surface area contributed by atoms with Gasteiger partial charge in [-0.3, -0.25) is 9.78 Å². The minimum Gasteiger partial charge on any atom is -0.466 e. The molecule has 1 aromatic rings. The summed E-state index contributed by atoms with van der Waals surface area (Å²) in [7, 11) is 0. The van der Waals surface area contributed by atoms with Crippen LogP contribution in [0.1, 0.15) is 30.7 Å². The Morgan fingerprint density at radius 1 is 1.69 bits per heavy atom. The van der Waals surface area contributed by atoms with Gasteiger partial charge in [-0.15, -0.1) is 0 Å². The lowest BCUT2D eigenvalue weighted by Gasteiger charge is -2.11. The summed E-state index contributed by atoms with van der Waals surface area (Å²) in [4.78, 5) is 15.3. The molecule has 0 aliphatic heterocycles. The van der Waals surface area contributed by atoms with Crippen LogP contribution in [0, 0.1) is 6.92 Å². The minimum atomic E-state index is -0.910. The van der Waals surface area contributed by atoms with Crippen LogP contribution in [0.25, 0.3) is 0 Å². The first kappa shape index (κ1) is 13.1. The fourth-order valence-electron chi connectivity index (χ4n) is 1.37. The SMILES string of the molecule is CCOC(=O)CC(O)c1ncc(Br)cc1C. The van der Waals surface area contributed by atoms with Gasteiger partial charge in [-0.1, -0.05) is 0 Å². The second-order valence-corrected chi connectivity index (χ2v) is 4.30. The van der Waals surface area contributed by atoms with Crippen molar-refractivity contribution in [3.05, 3.63) is 28.0 Å². The third-order valence-electron chi connectivity index (χ3n) is 2.07. The highest BCUT2D eigenvalue weighted by molar-refractivity contribution is 9.10. The number of esters is 1. The fourth-order valence-corrected chi connectivity index (χ4v) is 1.82. The fraction of sp³-hybridized carbons (Fsp3) is 0.455. The quantitative estimate of drug-likeness (QED) is 0.862. The Morgan fingerprint density at radius 2 is 2.38 bits per heavy atom. The van der Waals surface area contributed by atoms with Gasteiger partial charge in [-0.25, -0.2) is 0 Å². The van der Waals surface area contributed by atoms with E-state index in [0.717, 1.165) is 10.0 Å². The van der Waals surface area contributed by atoms with Gasteiger partial charge in [-0.05, 0) is 41.4 Å². The number of pyridine rings is 1. The third kappa shape index (κ3) is 3.57. The van der Waals surface area contributed by atoms with E-state index in [0.29, 0.717) is 12.3 Å². The van der Waals surface area contributed by atoms with E-state index in [4.69, 9.17) is 4.74 Å². The van der Waals surface area contributed by atoms with Crippen LogP contribution in [0.5, 0.6) is 0 Å². The molecule has 0 saturated carbocycles. The largest absolute Gasteiger partial charge is 0.466 e. The highest BCUT2D eigenvalue weighted by Crippen LogP contribution is 2.21. The Morgan fingerprint density at radius 3 is 2.94 bits per heavy atom. The molecule has 0 radical (unpaired) electrons. The number of halogens is 1. The van der Waals surface area contributed by atoms with E-state index >= 15 is 0 Å². The average Bonchev–Trinajstić information content (AvgIpc) is 2.17. The first-order chi connectivity index (χ1) is 7.54. The van der Waals surface area contributed by atoms with E-state index in [1.165, 1.54) is 0 Å². The predicted octanol–water partition coefficient (Wildman–Crippen LogP) is 2.14. The number of aryl methyl sites for hydroxylation is 1. The number of hydrogen-bond donors (Lipinski definition) is 1.